The Morgan fingerprint density at radius 3 is 2.46 bits per heavy atom. The van der Waals surface area contributed by atoms with Crippen molar-refractivity contribution in [2.75, 3.05) is 26.2 Å². The minimum absolute atomic E-state index is 0.118. The Hall–Kier alpha value is -1.90. The van der Waals surface area contributed by atoms with Crippen LogP contribution in [0.1, 0.15) is 28.2 Å². The molecule has 0 spiro atoms. The molecule has 2 aliphatic rings. The second-order valence-electron chi connectivity index (χ2n) is 6.53. The Morgan fingerprint density at radius 1 is 1.08 bits per heavy atom. The van der Waals surface area contributed by atoms with Crippen LogP contribution in [0.15, 0.2) is 29.2 Å². The number of H-pyrrole nitrogens is 1. The Morgan fingerprint density at radius 2 is 1.77 bits per heavy atom. The summed E-state index contributed by atoms with van der Waals surface area (Å²) in [5.41, 5.74) is 2.56. The van der Waals surface area contributed by atoms with E-state index in [4.69, 9.17) is 11.6 Å². The van der Waals surface area contributed by atoms with Gasteiger partial charge in [0.25, 0.3) is 5.91 Å². The molecule has 1 amide bonds. The number of aromatic amines is 1. The van der Waals surface area contributed by atoms with Gasteiger partial charge in [-0.1, -0.05) is 11.6 Å². The van der Waals surface area contributed by atoms with Crippen LogP contribution in [0.25, 0.3) is 0 Å². The van der Waals surface area contributed by atoms with Crippen LogP contribution in [0, 0.1) is 0 Å². The van der Waals surface area contributed by atoms with Gasteiger partial charge in [-0.2, -0.15) is 9.40 Å². The number of carbonyl (C=O) groups excluding carboxylic acids is 1. The van der Waals surface area contributed by atoms with Gasteiger partial charge in [-0.15, -0.1) is 0 Å². The number of amides is 1. The van der Waals surface area contributed by atoms with E-state index in [0.717, 1.165) is 30.5 Å². The molecular formula is C17H19ClN4O3S. The third kappa shape index (κ3) is 3.02. The Bertz CT molecular complexity index is 931. The summed E-state index contributed by atoms with van der Waals surface area (Å²) in [5, 5.41) is 7.62. The SMILES string of the molecule is O=C(c1n[nH]c2c1CCC2)N1CCN(S(=O)(=O)c2ccc(Cl)cc2)CC1. The minimum Gasteiger partial charge on any atom is -0.335 e. The first-order valence-corrected chi connectivity index (χ1v) is 10.4. The maximum absolute atomic E-state index is 12.7. The molecule has 0 bridgehead atoms. The monoisotopic (exact) mass is 394 g/mol. The highest BCUT2D eigenvalue weighted by Crippen LogP contribution is 2.25. The van der Waals surface area contributed by atoms with E-state index in [1.165, 1.54) is 16.4 Å². The maximum Gasteiger partial charge on any atom is 0.274 e. The van der Waals surface area contributed by atoms with Gasteiger partial charge in [0.1, 0.15) is 0 Å². The first kappa shape index (κ1) is 17.5. The highest BCUT2D eigenvalue weighted by Gasteiger charge is 2.32. The lowest BCUT2D eigenvalue weighted by molar-refractivity contribution is 0.0691. The molecule has 0 saturated carbocycles. The number of piperazine rings is 1. The fraction of sp³-hybridized carbons (Fsp3) is 0.412. The number of halogens is 1. The van der Waals surface area contributed by atoms with Crippen LogP contribution in [0.3, 0.4) is 0 Å². The molecule has 0 unspecified atom stereocenters. The summed E-state index contributed by atoms with van der Waals surface area (Å²) in [6.07, 6.45) is 2.84. The number of carbonyl (C=O) groups is 1. The Labute approximate surface area is 157 Å². The first-order valence-electron chi connectivity index (χ1n) is 8.58. The van der Waals surface area contributed by atoms with Gasteiger partial charge in [0.05, 0.1) is 4.90 Å². The van der Waals surface area contributed by atoms with Crippen LogP contribution in [0.4, 0.5) is 0 Å². The predicted molar refractivity (Wildman–Crippen MR) is 96.7 cm³/mol. The number of hydrogen-bond acceptors (Lipinski definition) is 4. The molecule has 1 fully saturated rings. The minimum atomic E-state index is -3.58. The van der Waals surface area contributed by atoms with Crippen LogP contribution < -0.4 is 0 Å². The van der Waals surface area contributed by atoms with Gasteiger partial charge >= 0.3 is 0 Å². The number of rotatable bonds is 3. The largest absolute Gasteiger partial charge is 0.335 e. The fourth-order valence-electron chi connectivity index (χ4n) is 3.53. The topological polar surface area (TPSA) is 86.4 Å². The highest BCUT2D eigenvalue weighted by atomic mass is 35.5. The predicted octanol–water partition coefficient (Wildman–Crippen LogP) is 1.70. The molecule has 1 N–H and O–H groups in total. The van der Waals surface area contributed by atoms with Gasteiger partial charge in [0.2, 0.25) is 10.0 Å². The molecule has 2 heterocycles. The number of hydrogen-bond donors (Lipinski definition) is 1. The summed E-state index contributed by atoms with van der Waals surface area (Å²) >= 11 is 5.83. The van der Waals surface area contributed by atoms with Crippen LogP contribution in [0.5, 0.6) is 0 Å². The fourth-order valence-corrected chi connectivity index (χ4v) is 5.08. The molecule has 1 aliphatic heterocycles. The lowest BCUT2D eigenvalue weighted by Gasteiger charge is -2.33. The van der Waals surface area contributed by atoms with Gasteiger partial charge in [-0.25, -0.2) is 8.42 Å². The third-order valence-electron chi connectivity index (χ3n) is 4.99. The quantitative estimate of drug-likeness (QED) is 0.858. The van der Waals surface area contributed by atoms with Crippen LogP contribution >= 0.6 is 11.6 Å². The van der Waals surface area contributed by atoms with Crippen molar-refractivity contribution in [3.8, 4) is 0 Å². The zero-order chi connectivity index (χ0) is 18.3. The lowest BCUT2D eigenvalue weighted by Crippen LogP contribution is -2.50. The molecule has 26 heavy (non-hydrogen) atoms. The molecule has 2 aromatic rings. The second kappa shape index (κ2) is 6.68. The summed E-state index contributed by atoms with van der Waals surface area (Å²) in [6.45, 7) is 1.24. The lowest BCUT2D eigenvalue weighted by atomic mass is 10.2. The van der Waals surface area contributed by atoms with Crippen molar-refractivity contribution in [1.29, 1.82) is 0 Å². The van der Waals surface area contributed by atoms with Crippen LogP contribution in [0.2, 0.25) is 5.02 Å². The molecule has 1 aromatic heterocycles. The maximum atomic E-state index is 12.7. The molecule has 0 radical (unpaired) electrons. The van der Waals surface area contributed by atoms with Crippen molar-refractivity contribution in [3.63, 3.8) is 0 Å². The van der Waals surface area contributed by atoms with Gasteiger partial charge in [-0.3, -0.25) is 9.89 Å². The van der Waals surface area contributed by atoms with E-state index in [-0.39, 0.29) is 23.9 Å². The average molecular weight is 395 g/mol. The zero-order valence-electron chi connectivity index (χ0n) is 14.1. The smallest absolute Gasteiger partial charge is 0.274 e. The van der Waals surface area contributed by atoms with Gasteiger partial charge in [0.15, 0.2) is 5.69 Å². The molecule has 138 valence electrons. The third-order valence-corrected chi connectivity index (χ3v) is 7.15. The molecule has 1 aromatic carbocycles. The number of aromatic nitrogens is 2. The van der Waals surface area contributed by atoms with Crippen molar-refractivity contribution < 1.29 is 13.2 Å². The van der Waals surface area contributed by atoms with Crippen molar-refractivity contribution in [3.05, 3.63) is 46.2 Å². The number of sulfonamides is 1. The Kier molecular flexibility index (Phi) is 4.50. The molecule has 0 atom stereocenters. The standard InChI is InChI=1S/C17H19ClN4O3S/c18-12-4-6-13(7-5-12)26(24,25)22-10-8-21(9-11-22)17(23)16-14-2-1-3-15(14)19-20-16/h4-7H,1-3,8-11H2,(H,19,20). The van der Waals surface area contributed by atoms with E-state index in [2.05, 4.69) is 10.2 Å². The molecule has 7 nitrogen and oxygen atoms in total. The number of fused-ring (bicyclic) bond motifs is 1. The van der Waals surface area contributed by atoms with Crippen LogP contribution in [-0.4, -0.2) is 59.9 Å². The summed E-state index contributed by atoms with van der Waals surface area (Å²) in [7, 11) is -3.58. The van der Waals surface area contributed by atoms with E-state index >= 15 is 0 Å². The van der Waals surface area contributed by atoms with Crippen molar-refractivity contribution in [1.82, 2.24) is 19.4 Å². The van der Waals surface area contributed by atoms with Gasteiger partial charge < -0.3 is 4.90 Å². The molecule has 4 rings (SSSR count). The number of benzene rings is 1. The highest BCUT2D eigenvalue weighted by molar-refractivity contribution is 7.89. The van der Waals surface area contributed by atoms with E-state index in [1.54, 1.807) is 17.0 Å². The van der Waals surface area contributed by atoms with E-state index in [1.807, 2.05) is 0 Å². The second-order valence-corrected chi connectivity index (χ2v) is 8.91. The summed E-state index contributed by atoms with van der Waals surface area (Å²) in [6, 6.07) is 6.13. The summed E-state index contributed by atoms with van der Waals surface area (Å²) in [5.74, 6) is -0.118. The Balaban J connectivity index is 1.45. The summed E-state index contributed by atoms with van der Waals surface area (Å²) in [4.78, 5) is 14.6. The van der Waals surface area contributed by atoms with E-state index < -0.39 is 10.0 Å². The average Bonchev–Trinajstić information content (AvgIpc) is 3.25. The molecule has 1 aliphatic carbocycles. The van der Waals surface area contributed by atoms with Gasteiger partial charge in [-0.05, 0) is 43.5 Å². The molecule has 1 saturated heterocycles. The van der Waals surface area contributed by atoms with Crippen LogP contribution in [-0.2, 0) is 22.9 Å². The number of nitrogens with zero attached hydrogens (tertiary/aromatic N) is 3. The molecular weight excluding hydrogens is 376 g/mol. The van der Waals surface area contributed by atoms with Crippen molar-refractivity contribution >= 4 is 27.5 Å². The van der Waals surface area contributed by atoms with E-state index in [9.17, 15) is 13.2 Å². The molecule has 9 heteroatoms. The zero-order valence-corrected chi connectivity index (χ0v) is 15.7. The van der Waals surface area contributed by atoms with E-state index in [0.29, 0.717) is 23.8 Å². The summed E-state index contributed by atoms with van der Waals surface area (Å²) < 4.78 is 26.8. The number of nitrogens with one attached hydrogen (secondary N) is 1. The van der Waals surface area contributed by atoms with Crippen molar-refractivity contribution in [2.24, 2.45) is 0 Å². The van der Waals surface area contributed by atoms with Crippen molar-refractivity contribution in [2.45, 2.75) is 24.2 Å². The van der Waals surface area contributed by atoms with Gasteiger partial charge in [0, 0.05) is 42.5 Å². The first-order chi connectivity index (χ1) is 12.5. The normalized spacial score (nSPS) is 18.1. The number of aryl methyl sites for hydroxylation is 1.